The van der Waals surface area contributed by atoms with E-state index in [0.717, 1.165) is 0 Å². The zero-order valence-corrected chi connectivity index (χ0v) is 39.0. The summed E-state index contributed by atoms with van der Waals surface area (Å²) in [6, 6.07) is 69.8. The monoisotopic (exact) mass is 832 g/mol. The van der Waals surface area contributed by atoms with Gasteiger partial charge in [-0.15, -0.1) is 0 Å². The van der Waals surface area contributed by atoms with Crippen LogP contribution >= 0.6 is 0 Å². The molecule has 0 unspecified atom stereocenters. The number of rotatable bonds is 8. The van der Waals surface area contributed by atoms with E-state index < -0.39 is 8.07 Å². The van der Waals surface area contributed by atoms with E-state index >= 15 is 0 Å². The summed E-state index contributed by atoms with van der Waals surface area (Å²) in [6.07, 6.45) is 0. The van der Waals surface area contributed by atoms with Crippen molar-refractivity contribution in [3.05, 3.63) is 210 Å². The van der Waals surface area contributed by atoms with Gasteiger partial charge in [0, 0.05) is 34.1 Å². The second-order valence-corrected chi connectivity index (χ2v) is 22.6. The molecule has 8 aromatic rings. The van der Waals surface area contributed by atoms with E-state index in [-0.39, 0.29) is 6.71 Å². The van der Waals surface area contributed by atoms with E-state index in [9.17, 15) is 0 Å². The van der Waals surface area contributed by atoms with E-state index in [4.69, 9.17) is 0 Å². The van der Waals surface area contributed by atoms with Gasteiger partial charge in [0.25, 0.3) is 0 Å². The Kier molecular flexibility index (Phi) is 10.4. The molecule has 0 fully saturated rings. The Morgan fingerprint density at radius 2 is 0.857 bits per heavy atom. The predicted molar refractivity (Wildman–Crippen MR) is 276 cm³/mol. The van der Waals surface area contributed by atoms with Crippen LogP contribution in [0, 0.1) is 13.8 Å². The van der Waals surface area contributed by atoms with E-state index in [1.807, 2.05) is 0 Å². The molecule has 2 nitrogen and oxygen atoms in total. The maximum absolute atomic E-state index is 2.82. The zero-order valence-electron chi connectivity index (χ0n) is 38.0. The van der Waals surface area contributed by atoms with Crippen LogP contribution in [0.25, 0.3) is 0 Å². The summed E-state index contributed by atoms with van der Waals surface area (Å²) in [5.41, 5.74) is 18.4. The largest absolute Gasteiger partial charge is 0.312 e. The summed E-state index contributed by atoms with van der Waals surface area (Å²) in [4.78, 5) is 5.10. The highest BCUT2D eigenvalue weighted by molar-refractivity contribution is 7.21. The molecule has 0 N–H and O–H groups in total. The lowest BCUT2D eigenvalue weighted by molar-refractivity contribution is 0.812. The van der Waals surface area contributed by atoms with Crippen LogP contribution in [0.15, 0.2) is 182 Å². The first-order valence-electron chi connectivity index (χ1n) is 23.0. The molecule has 0 aliphatic carbocycles. The molecular weight excluding hydrogens is 776 g/mol. The molecule has 10 rings (SSSR count). The van der Waals surface area contributed by atoms with Crippen molar-refractivity contribution in [1.29, 1.82) is 0 Å². The third-order valence-corrected chi connectivity index (χ3v) is 18.6. The molecule has 2 aliphatic rings. The van der Waals surface area contributed by atoms with E-state index in [1.54, 1.807) is 0 Å². The Morgan fingerprint density at radius 1 is 0.397 bits per heavy atom. The first kappa shape index (κ1) is 40.7. The first-order valence-corrected chi connectivity index (χ1v) is 25.0. The van der Waals surface area contributed by atoms with Crippen LogP contribution in [0.2, 0.25) is 0 Å². The van der Waals surface area contributed by atoms with Crippen LogP contribution < -0.4 is 46.9 Å². The number of hydrogen-bond acceptors (Lipinski definition) is 2. The van der Waals surface area contributed by atoms with Crippen LogP contribution in [-0.4, -0.2) is 14.8 Å². The molecule has 0 spiro atoms. The SMILES string of the molecule is Cc1ccc2c(c1)[Si](c1ccccc1)(c1ccccc1)c1cc(C)ccc1N2c1ccc2c(c1)B(c1c(C(C)C)cc(C(C)C)cc1C(C)C)c1ccccc1N2c1ccccc1. The molecule has 0 atom stereocenters. The lowest BCUT2D eigenvalue weighted by atomic mass is 9.33. The fourth-order valence-electron chi connectivity index (χ4n) is 10.9. The van der Waals surface area contributed by atoms with Gasteiger partial charge in [-0.25, -0.2) is 0 Å². The van der Waals surface area contributed by atoms with Crippen molar-refractivity contribution in [1.82, 2.24) is 0 Å². The molecule has 0 amide bonds. The standard InChI is InChI=1S/C59H57BN2Si/c1-39(2)44-36-49(40(3)4)59(50(37-44)41(5)6)60-51-26-18-19-27-53(51)61(45-20-12-9-13-21-45)54-33-30-46(38-52(54)60)62-55-31-28-42(7)34-57(55)63(47-22-14-10-15-23-47,48-24-16-11-17-25-48)58-35-43(8)29-32-56(58)62/h9-41H,1-8H3. The van der Waals surface area contributed by atoms with E-state index in [1.165, 1.54) is 99.1 Å². The normalized spacial score (nSPS) is 13.9. The highest BCUT2D eigenvalue weighted by Crippen LogP contribution is 2.42. The van der Waals surface area contributed by atoms with Crippen molar-refractivity contribution in [2.75, 3.05) is 9.80 Å². The van der Waals surface area contributed by atoms with Crippen molar-refractivity contribution in [2.24, 2.45) is 0 Å². The molecule has 2 heterocycles. The molecule has 0 saturated carbocycles. The summed E-state index contributed by atoms with van der Waals surface area (Å²) in [7, 11) is -2.82. The number of para-hydroxylation sites is 2. The molecular formula is C59H57BN2Si. The molecule has 310 valence electrons. The maximum Gasteiger partial charge on any atom is 0.247 e. The molecule has 4 heteroatoms. The molecule has 0 saturated heterocycles. The van der Waals surface area contributed by atoms with Crippen molar-refractivity contribution in [3.63, 3.8) is 0 Å². The van der Waals surface area contributed by atoms with E-state index in [2.05, 4.69) is 247 Å². The number of nitrogens with zero attached hydrogens (tertiary/aromatic N) is 2. The highest BCUT2D eigenvalue weighted by atomic mass is 28.3. The van der Waals surface area contributed by atoms with Gasteiger partial charge in [0.05, 0.1) is 0 Å². The Balaban J connectivity index is 1.30. The molecule has 0 radical (unpaired) electrons. The smallest absolute Gasteiger partial charge is 0.247 e. The third kappa shape index (κ3) is 6.61. The van der Waals surface area contributed by atoms with Crippen LogP contribution in [0.3, 0.4) is 0 Å². The number of benzene rings is 8. The number of anilines is 6. The maximum atomic E-state index is 2.60. The van der Waals surface area contributed by atoms with Crippen LogP contribution in [0.1, 0.15) is 87.1 Å². The highest BCUT2D eigenvalue weighted by Gasteiger charge is 2.49. The minimum Gasteiger partial charge on any atom is -0.312 e. The van der Waals surface area contributed by atoms with Gasteiger partial charge in [0.1, 0.15) is 0 Å². The second kappa shape index (κ2) is 16.1. The fourth-order valence-corrected chi connectivity index (χ4v) is 16.2. The Hall–Kier alpha value is -6.36. The van der Waals surface area contributed by atoms with E-state index in [0.29, 0.717) is 17.8 Å². The van der Waals surface area contributed by atoms with Crippen LogP contribution in [-0.2, 0) is 0 Å². The summed E-state index contributed by atoms with van der Waals surface area (Å²) in [5, 5.41) is 5.67. The van der Waals surface area contributed by atoms with Crippen molar-refractivity contribution in [2.45, 2.75) is 73.1 Å². The Morgan fingerprint density at radius 3 is 1.38 bits per heavy atom. The number of fused-ring (bicyclic) bond motifs is 4. The zero-order chi connectivity index (χ0) is 43.6. The number of hydrogen-bond donors (Lipinski definition) is 0. The summed E-state index contributed by atoms with van der Waals surface area (Å²) in [6.45, 7) is 18.8. The van der Waals surface area contributed by atoms with Gasteiger partial charge in [0.15, 0.2) is 8.07 Å². The Bertz CT molecular complexity index is 2850. The summed E-state index contributed by atoms with van der Waals surface area (Å²) < 4.78 is 0. The quantitative estimate of drug-likeness (QED) is 0.141. The topological polar surface area (TPSA) is 6.48 Å². The lowest BCUT2D eigenvalue weighted by Crippen LogP contribution is -2.77. The van der Waals surface area contributed by atoms with Gasteiger partial charge in [0.2, 0.25) is 6.71 Å². The predicted octanol–water partition coefficient (Wildman–Crippen LogP) is 11.1. The average Bonchev–Trinajstić information content (AvgIpc) is 3.30. The minimum atomic E-state index is -2.82. The van der Waals surface area contributed by atoms with Gasteiger partial charge >= 0.3 is 0 Å². The lowest BCUT2D eigenvalue weighted by Gasteiger charge is -2.46. The minimum absolute atomic E-state index is 0.0222. The molecule has 63 heavy (non-hydrogen) atoms. The Labute approximate surface area is 377 Å². The number of aryl methyl sites for hydroxylation is 2. The van der Waals surface area contributed by atoms with Crippen LogP contribution in [0.5, 0.6) is 0 Å². The van der Waals surface area contributed by atoms with Crippen molar-refractivity contribution in [3.8, 4) is 0 Å². The van der Waals surface area contributed by atoms with Crippen LogP contribution in [0.4, 0.5) is 34.1 Å². The van der Waals surface area contributed by atoms with Crippen molar-refractivity contribution >= 4 is 86.0 Å². The molecule has 0 aromatic heterocycles. The molecule has 0 bridgehead atoms. The van der Waals surface area contributed by atoms with Gasteiger partial charge in [-0.05, 0) is 128 Å². The van der Waals surface area contributed by atoms with Crippen molar-refractivity contribution < 1.29 is 0 Å². The second-order valence-electron chi connectivity index (χ2n) is 18.8. The first-order chi connectivity index (χ1) is 30.6. The fraction of sp³-hybridized carbons (Fsp3) is 0.186. The van der Waals surface area contributed by atoms with Gasteiger partial charge in [-0.1, -0.05) is 192 Å². The third-order valence-electron chi connectivity index (χ3n) is 13.8. The van der Waals surface area contributed by atoms with Gasteiger partial charge in [-0.3, -0.25) is 0 Å². The van der Waals surface area contributed by atoms with Gasteiger partial charge in [-0.2, -0.15) is 0 Å². The van der Waals surface area contributed by atoms with Gasteiger partial charge < -0.3 is 9.80 Å². The summed E-state index contributed by atoms with van der Waals surface area (Å²) in [5.74, 6) is 1.14. The molecule has 2 aliphatic heterocycles. The average molecular weight is 833 g/mol. The molecule has 8 aromatic carbocycles. The summed E-state index contributed by atoms with van der Waals surface area (Å²) >= 11 is 0.